The van der Waals surface area contributed by atoms with Crippen molar-refractivity contribution in [1.82, 2.24) is 0 Å². The average molecular weight is 355 g/mol. The number of carbonyl (C=O) groups is 2. The highest BCUT2D eigenvalue weighted by Crippen LogP contribution is 2.30. The lowest BCUT2D eigenvalue weighted by Gasteiger charge is -2.26. The van der Waals surface area contributed by atoms with Crippen molar-refractivity contribution in [2.24, 2.45) is 11.8 Å². The lowest BCUT2D eigenvalue weighted by molar-refractivity contribution is -0.157. The van der Waals surface area contributed by atoms with Gasteiger partial charge in [-0.1, -0.05) is 51.9 Å². The number of hydrogen-bond donors (Lipinski definition) is 0. The first-order valence-electron chi connectivity index (χ1n) is 10.4. The fraction of sp³-hybridized carbons (Fsp3) is 0.905. The van der Waals surface area contributed by atoms with Crippen LogP contribution in [0.3, 0.4) is 0 Å². The van der Waals surface area contributed by atoms with Crippen LogP contribution in [0, 0.1) is 11.8 Å². The van der Waals surface area contributed by atoms with Crippen molar-refractivity contribution in [1.29, 1.82) is 0 Å². The molecule has 0 radical (unpaired) electrons. The molecule has 0 N–H and O–H groups in total. The number of rotatable bonds is 12. The molecule has 0 bridgehead atoms. The van der Waals surface area contributed by atoms with Crippen LogP contribution in [-0.2, 0) is 19.1 Å². The van der Waals surface area contributed by atoms with E-state index in [0.717, 1.165) is 38.5 Å². The molecule has 1 fully saturated rings. The highest BCUT2D eigenvalue weighted by molar-refractivity contribution is 5.75. The molecular weight excluding hydrogens is 316 g/mol. The van der Waals surface area contributed by atoms with E-state index in [-0.39, 0.29) is 29.9 Å². The van der Waals surface area contributed by atoms with Crippen LogP contribution in [0.15, 0.2) is 0 Å². The van der Waals surface area contributed by atoms with Crippen molar-refractivity contribution in [3.63, 3.8) is 0 Å². The smallest absolute Gasteiger partial charge is 0.309 e. The Kier molecular flexibility index (Phi) is 11.6. The van der Waals surface area contributed by atoms with Crippen LogP contribution in [0.1, 0.15) is 97.8 Å². The molecule has 0 spiro atoms. The van der Waals surface area contributed by atoms with Crippen molar-refractivity contribution in [3.05, 3.63) is 0 Å². The van der Waals surface area contributed by atoms with Crippen LogP contribution >= 0.6 is 0 Å². The zero-order chi connectivity index (χ0) is 18.5. The van der Waals surface area contributed by atoms with Gasteiger partial charge in [0.15, 0.2) is 0 Å². The Balaban J connectivity index is 2.04. The summed E-state index contributed by atoms with van der Waals surface area (Å²) in [6.45, 7) is 6.51. The van der Waals surface area contributed by atoms with Crippen LogP contribution in [0.4, 0.5) is 0 Å². The van der Waals surface area contributed by atoms with E-state index in [1.807, 2.05) is 13.8 Å². The molecule has 0 aromatic carbocycles. The average Bonchev–Trinajstić information content (AvgIpc) is 2.59. The third kappa shape index (κ3) is 9.86. The molecule has 0 atom stereocenters. The number of unbranched alkanes of at least 4 members (excludes halogenated alkanes) is 7. The van der Waals surface area contributed by atoms with E-state index in [0.29, 0.717) is 6.61 Å². The minimum atomic E-state index is -0.110. The molecule has 0 aromatic rings. The second-order valence-corrected chi connectivity index (χ2v) is 7.68. The summed E-state index contributed by atoms with van der Waals surface area (Å²) >= 11 is 0. The summed E-state index contributed by atoms with van der Waals surface area (Å²) in [5.74, 6) is -0.254. The normalized spacial score (nSPS) is 20.5. The third-order valence-corrected chi connectivity index (χ3v) is 4.99. The molecule has 0 aliphatic heterocycles. The number of carbonyl (C=O) groups excluding carboxylic acids is 2. The fourth-order valence-corrected chi connectivity index (χ4v) is 3.42. The Morgan fingerprint density at radius 1 is 0.800 bits per heavy atom. The van der Waals surface area contributed by atoms with Gasteiger partial charge in [-0.3, -0.25) is 9.59 Å². The van der Waals surface area contributed by atoms with Crippen molar-refractivity contribution in [2.45, 2.75) is 104 Å². The van der Waals surface area contributed by atoms with Gasteiger partial charge in [0.05, 0.1) is 24.5 Å². The van der Waals surface area contributed by atoms with E-state index >= 15 is 0 Å². The second kappa shape index (κ2) is 13.2. The molecule has 25 heavy (non-hydrogen) atoms. The molecule has 1 aliphatic carbocycles. The highest BCUT2D eigenvalue weighted by atomic mass is 16.5. The minimum Gasteiger partial charge on any atom is -0.465 e. The standard InChI is InChI=1S/C21H38O4/c1-4-5-6-7-8-9-10-11-16-24-20(22)18-12-14-19(15-13-18)21(23)25-17(2)3/h17-19H,4-16H2,1-3H3. The first-order valence-corrected chi connectivity index (χ1v) is 10.4. The molecular formula is C21H38O4. The largest absolute Gasteiger partial charge is 0.465 e. The van der Waals surface area contributed by atoms with Gasteiger partial charge in [-0.15, -0.1) is 0 Å². The molecule has 0 unspecified atom stereocenters. The molecule has 0 heterocycles. The Bertz CT molecular complexity index is 370. The lowest BCUT2D eigenvalue weighted by Crippen LogP contribution is -2.29. The van der Waals surface area contributed by atoms with E-state index in [9.17, 15) is 9.59 Å². The summed E-state index contributed by atoms with van der Waals surface area (Å²) < 4.78 is 10.7. The van der Waals surface area contributed by atoms with E-state index in [1.165, 1.54) is 38.5 Å². The Labute approximate surface area is 154 Å². The first kappa shape index (κ1) is 22.0. The van der Waals surface area contributed by atoms with Crippen molar-refractivity contribution in [2.75, 3.05) is 6.61 Å². The number of hydrogen-bond acceptors (Lipinski definition) is 4. The topological polar surface area (TPSA) is 52.6 Å². The number of esters is 2. The molecule has 0 amide bonds. The Morgan fingerprint density at radius 3 is 1.80 bits per heavy atom. The van der Waals surface area contributed by atoms with E-state index < -0.39 is 0 Å². The minimum absolute atomic E-state index is 0.0304. The lowest BCUT2D eigenvalue weighted by atomic mass is 9.82. The summed E-state index contributed by atoms with van der Waals surface area (Å²) in [5.41, 5.74) is 0. The fourth-order valence-electron chi connectivity index (χ4n) is 3.42. The third-order valence-electron chi connectivity index (χ3n) is 4.99. The van der Waals surface area contributed by atoms with Gasteiger partial charge in [0.1, 0.15) is 0 Å². The monoisotopic (exact) mass is 354 g/mol. The van der Waals surface area contributed by atoms with Gasteiger partial charge in [0.2, 0.25) is 0 Å². The summed E-state index contributed by atoms with van der Waals surface area (Å²) in [6, 6.07) is 0. The van der Waals surface area contributed by atoms with Gasteiger partial charge >= 0.3 is 11.9 Å². The molecule has 1 aliphatic rings. The second-order valence-electron chi connectivity index (χ2n) is 7.68. The van der Waals surface area contributed by atoms with Gasteiger partial charge in [-0.25, -0.2) is 0 Å². The summed E-state index contributed by atoms with van der Waals surface area (Å²) in [7, 11) is 0. The van der Waals surface area contributed by atoms with Crippen LogP contribution in [-0.4, -0.2) is 24.6 Å². The molecule has 4 nitrogen and oxygen atoms in total. The van der Waals surface area contributed by atoms with Gasteiger partial charge < -0.3 is 9.47 Å². The molecule has 0 aromatic heterocycles. The van der Waals surface area contributed by atoms with Crippen molar-refractivity contribution < 1.29 is 19.1 Å². The molecule has 1 rings (SSSR count). The summed E-state index contributed by atoms with van der Waals surface area (Å²) in [4.78, 5) is 24.0. The highest BCUT2D eigenvalue weighted by Gasteiger charge is 2.31. The quantitative estimate of drug-likeness (QED) is 0.346. The first-order chi connectivity index (χ1) is 12.0. The molecule has 4 heteroatoms. The summed E-state index contributed by atoms with van der Waals surface area (Å²) in [6.07, 6.45) is 12.9. The predicted molar refractivity (Wildman–Crippen MR) is 100 cm³/mol. The molecule has 1 saturated carbocycles. The maximum Gasteiger partial charge on any atom is 0.309 e. The van der Waals surface area contributed by atoms with Crippen LogP contribution in [0.5, 0.6) is 0 Å². The molecule has 0 saturated heterocycles. The zero-order valence-corrected chi connectivity index (χ0v) is 16.6. The number of ether oxygens (including phenoxy) is 2. The summed E-state index contributed by atoms with van der Waals surface area (Å²) in [5, 5.41) is 0. The van der Waals surface area contributed by atoms with Crippen LogP contribution < -0.4 is 0 Å². The predicted octanol–water partition coefficient (Wildman–Crippen LogP) is 5.43. The van der Waals surface area contributed by atoms with Crippen LogP contribution in [0.25, 0.3) is 0 Å². The Hall–Kier alpha value is -1.06. The van der Waals surface area contributed by atoms with Crippen LogP contribution in [0.2, 0.25) is 0 Å². The van der Waals surface area contributed by atoms with Crippen molar-refractivity contribution in [3.8, 4) is 0 Å². The molecule has 146 valence electrons. The van der Waals surface area contributed by atoms with E-state index in [1.54, 1.807) is 0 Å². The van der Waals surface area contributed by atoms with E-state index in [2.05, 4.69) is 6.92 Å². The van der Waals surface area contributed by atoms with Gasteiger partial charge in [-0.2, -0.15) is 0 Å². The maximum atomic E-state index is 12.1. The van der Waals surface area contributed by atoms with Gasteiger partial charge in [-0.05, 0) is 46.0 Å². The Morgan fingerprint density at radius 2 is 1.28 bits per heavy atom. The van der Waals surface area contributed by atoms with E-state index in [4.69, 9.17) is 9.47 Å². The van der Waals surface area contributed by atoms with Gasteiger partial charge in [0, 0.05) is 0 Å². The maximum absolute atomic E-state index is 12.1. The zero-order valence-electron chi connectivity index (χ0n) is 16.6. The van der Waals surface area contributed by atoms with Crippen molar-refractivity contribution >= 4 is 11.9 Å². The van der Waals surface area contributed by atoms with Gasteiger partial charge in [0.25, 0.3) is 0 Å². The SMILES string of the molecule is CCCCCCCCCCOC(=O)C1CCC(C(=O)OC(C)C)CC1.